The van der Waals surface area contributed by atoms with Crippen LogP contribution in [0.2, 0.25) is 0 Å². The summed E-state index contributed by atoms with van der Waals surface area (Å²) in [4.78, 5) is 17.7. The van der Waals surface area contributed by atoms with Gasteiger partial charge in [0.2, 0.25) is 0 Å². The number of aryl methyl sites for hydroxylation is 1. The van der Waals surface area contributed by atoms with Gasteiger partial charge in [-0.05, 0) is 90.4 Å². The smallest absolute Gasteiger partial charge is 0.251 e. The lowest BCUT2D eigenvalue weighted by Crippen LogP contribution is -2.39. The topological polar surface area (TPSA) is 73.7 Å². The first-order chi connectivity index (χ1) is 19.0. The van der Waals surface area contributed by atoms with Gasteiger partial charge < -0.3 is 15.7 Å². The van der Waals surface area contributed by atoms with Crippen LogP contribution in [0.25, 0.3) is 11.1 Å². The molecule has 5 nitrogen and oxygen atoms in total. The summed E-state index contributed by atoms with van der Waals surface area (Å²) >= 11 is 0. The van der Waals surface area contributed by atoms with Gasteiger partial charge >= 0.3 is 0 Å². The molecule has 1 amide bonds. The molecule has 4 aromatic carbocycles. The number of carbonyl (C=O) groups excluding carboxylic acids is 1. The number of nitrogens with one attached hydrogen (secondary N) is 2. The highest BCUT2D eigenvalue weighted by Crippen LogP contribution is 2.32. The molecule has 0 aliphatic heterocycles. The summed E-state index contributed by atoms with van der Waals surface area (Å²) < 4.78 is 13.1. The number of anilines is 1. The van der Waals surface area contributed by atoms with E-state index in [1.807, 2.05) is 79.7 Å². The van der Waals surface area contributed by atoms with Gasteiger partial charge in [0.15, 0.2) is 0 Å². The van der Waals surface area contributed by atoms with Crippen molar-refractivity contribution in [2.75, 3.05) is 11.9 Å². The summed E-state index contributed by atoms with van der Waals surface area (Å²) in [5.74, 6) is 0.295. The number of hydrogen-bond acceptors (Lipinski definition) is 3. The highest BCUT2D eigenvalue weighted by atomic mass is 19.1. The second-order valence-corrected chi connectivity index (χ2v) is 9.88. The molecule has 198 valence electrons. The normalized spacial score (nSPS) is 16.8. The molecule has 0 fully saturated rings. The van der Waals surface area contributed by atoms with Gasteiger partial charge in [0, 0.05) is 17.8 Å². The second-order valence-electron chi connectivity index (χ2n) is 9.88. The van der Waals surface area contributed by atoms with Crippen molar-refractivity contribution in [3.63, 3.8) is 0 Å². The predicted molar refractivity (Wildman–Crippen MR) is 155 cm³/mol. The predicted octanol–water partition coefficient (Wildman–Crippen LogP) is 6.34. The lowest BCUT2D eigenvalue weighted by Gasteiger charge is -2.31. The van der Waals surface area contributed by atoms with E-state index in [1.54, 1.807) is 12.1 Å². The first-order valence-corrected chi connectivity index (χ1v) is 13.3. The van der Waals surface area contributed by atoms with Gasteiger partial charge in [-0.3, -0.25) is 9.79 Å². The third-order valence-electron chi connectivity index (χ3n) is 7.10. The van der Waals surface area contributed by atoms with E-state index in [2.05, 4.69) is 15.6 Å². The molecule has 0 heterocycles. The molecule has 39 heavy (non-hydrogen) atoms. The van der Waals surface area contributed by atoms with Crippen molar-refractivity contribution in [2.24, 2.45) is 4.99 Å². The molecule has 1 aliphatic carbocycles. The number of halogens is 1. The van der Waals surface area contributed by atoms with Crippen LogP contribution in [-0.2, 0) is 12.8 Å². The Kier molecular flexibility index (Phi) is 8.13. The van der Waals surface area contributed by atoms with Crippen LogP contribution >= 0.6 is 0 Å². The van der Waals surface area contributed by atoms with Crippen LogP contribution < -0.4 is 10.6 Å². The van der Waals surface area contributed by atoms with Crippen molar-refractivity contribution in [3.8, 4) is 11.1 Å². The van der Waals surface area contributed by atoms with Gasteiger partial charge in [-0.15, -0.1) is 0 Å². The Morgan fingerprint density at radius 2 is 1.67 bits per heavy atom. The zero-order valence-corrected chi connectivity index (χ0v) is 21.9. The third-order valence-corrected chi connectivity index (χ3v) is 7.10. The molecular formula is C33H32FN3O2. The van der Waals surface area contributed by atoms with Crippen molar-refractivity contribution in [2.45, 2.75) is 38.3 Å². The number of hydrogen-bond donors (Lipinski definition) is 3. The molecule has 0 unspecified atom stereocenters. The van der Waals surface area contributed by atoms with Crippen LogP contribution in [0.1, 0.15) is 46.4 Å². The fraction of sp³-hybridized carbons (Fsp3) is 0.212. The first-order valence-electron chi connectivity index (χ1n) is 13.3. The van der Waals surface area contributed by atoms with E-state index in [-0.39, 0.29) is 11.7 Å². The maximum atomic E-state index is 13.2. The molecular weight excluding hydrogens is 489 g/mol. The molecule has 0 saturated carbocycles. The lowest BCUT2D eigenvalue weighted by atomic mass is 9.85. The van der Waals surface area contributed by atoms with Crippen molar-refractivity contribution in [1.29, 1.82) is 0 Å². The Morgan fingerprint density at radius 3 is 2.41 bits per heavy atom. The number of carbonyl (C=O) groups is 1. The monoisotopic (exact) mass is 521 g/mol. The third kappa shape index (κ3) is 6.59. The van der Waals surface area contributed by atoms with E-state index >= 15 is 0 Å². The number of amidine groups is 1. The highest BCUT2D eigenvalue weighted by Gasteiger charge is 2.30. The Morgan fingerprint density at radius 1 is 0.949 bits per heavy atom. The minimum atomic E-state index is -0.675. The highest BCUT2D eigenvalue weighted by molar-refractivity contribution is 5.95. The van der Waals surface area contributed by atoms with Crippen molar-refractivity contribution in [1.82, 2.24) is 5.32 Å². The Balaban J connectivity index is 1.26. The van der Waals surface area contributed by atoms with E-state index in [9.17, 15) is 14.3 Å². The molecule has 0 saturated heterocycles. The van der Waals surface area contributed by atoms with Crippen LogP contribution in [0, 0.1) is 5.82 Å². The van der Waals surface area contributed by atoms with Crippen LogP contribution in [0.4, 0.5) is 10.1 Å². The maximum Gasteiger partial charge on any atom is 0.251 e. The largest absolute Gasteiger partial charge is 0.391 e. The number of aliphatic hydroxyl groups is 1. The van der Waals surface area contributed by atoms with E-state index in [0.717, 1.165) is 52.2 Å². The molecule has 4 aromatic rings. The van der Waals surface area contributed by atoms with Gasteiger partial charge in [-0.1, -0.05) is 60.7 Å². The molecule has 6 heteroatoms. The van der Waals surface area contributed by atoms with Crippen LogP contribution in [0.3, 0.4) is 0 Å². The zero-order valence-electron chi connectivity index (χ0n) is 21.9. The molecule has 0 radical (unpaired) electrons. The average Bonchev–Trinajstić information content (AvgIpc) is 2.96. The Labute approximate surface area is 228 Å². The number of fused-ring (bicyclic) bond motifs is 1. The summed E-state index contributed by atoms with van der Waals surface area (Å²) in [5.41, 5.74) is 6.58. The molecule has 1 aliphatic rings. The number of aliphatic hydroxyl groups excluding tert-OH is 1. The van der Waals surface area contributed by atoms with Gasteiger partial charge in [0.1, 0.15) is 5.82 Å². The van der Waals surface area contributed by atoms with Crippen LogP contribution in [0.15, 0.2) is 102 Å². The van der Waals surface area contributed by atoms with E-state index < -0.39 is 12.1 Å². The van der Waals surface area contributed by atoms with Gasteiger partial charge in [-0.2, -0.15) is 0 Å². The van der Waals surface area contributed by atoms with Crippen LogP contribution in [-0.4, -0.2) is 29.5 Å². The zero-order chi connectivity index (χ0) is 27.2. The maximum absolute atomic E-state index is 13.2. The average molecular weight is 522 g/mol. The summed E-state index contributed by atoms with van der Waals surface area (Å²) in [6.45, 7) is 2.48. The molecule has 0 bridgehead atoms. The van der Waals surface area contributed by atoms with Crippen molar-refractivity contribution >= 4 is 17.4 Å². The van der Waals surface area contributed by atoms with Gasteiger partial charge in [-0.25, -0.2) is 4.39 Å². The van der Waals surface area contributed by atoms with Gasteiger partial charge in [0.25, 0.3) is 5.91 Å². The Hall–Kier alpha value is -4.29. The summed E-state index contributed by atoms with van der Waals surface area (Å²) in [5, 5.41) is 17.2. The quantitative estimate of drug-likeness (QED) is 0.196. The molecule has 3 N–H and O–H groups in total. The molecule has 0 aromatic heterocycles. The second kappa shape index (κ2) is 12.0. The van der Waals surface area contributed by atoms with E-state index in [1.165, 1.54) is 12.1 Å². The number of benzene rings is 4. The number of nitrogens with zero attached hydrogens (tertiary/aromatic N) is 1. The lowest BCUT2D eigenvalue weighted by molar-refractivity contribution is 0.0792. The standard InChI is InChI=1S/C33H32FN3O2/c1-22(35-20-19-23-7-15-28(34)16-8-23)36-29-17-13-26-14-18-31(38)32(30(26)21-29)37-33(39)27-11-9-25(10-12-27)24-5-3-2-4-6-24/h2-13,15-17,21,31-32,38H,14,18-20H2,1H3,(H,35,36)(H,37,39)/t31-,32-/m1/s1. The minimum absolute atomic E-state index is 0.219. The number of amides is 1. The van der Waals surface area contributed by atoms with E-state index in [0.29, 0.717) is 18.5 Å². The van der Waals surface area contributed by atoms with Crippen LogP contribution in [0.5, 0.6) is 0 Å². The first kappa shape index (κ1) is 26.3. The number of rotatable bonds is 7. The fourth-order valence-corrected chi connectivity index (χ4v) is 4.96. The summed E-state index contributed by atoms with van der Waals surface area (Å²) in [6, 6.07) is 29.5. The SMILES string of the molecule is CC(=NCCc1ccc(F)cc1)Nc1ccc2c(c1)[C@@H](NC(=O)c1ccc(-c3ccccc3)cc1)[C@H](O)CC2. The van der Waals surface area contributed by atoms with Crippen molar-refractivity contribution < 1.29 is 14.3 Å². The molecule has 2 atom stereocenters. The number of aliphatic imine (C=N–C) groups is 1. The van der Waals surface area contributed by atoms with Gasteiger partial charge in [0.05, 0.1) is 18.0 Å². The van der Waals surface area contributed by atoms with E-state index in [4.69, 9.17) is 0 Å². The van der Waals surface area contributed by atoms with Crippen molar-refractivity contribution in [3.05, 3.63) is 125 Å². The fourth-order valence-electron chi connectivity index (χ4n) is 4.96. The summed E-state index contributed by atoms with van der Waals surface area (Å²) in [7, 11) is 0. The minimum Gasteiger partial charge on any atom is -0.391 e. The Bertz CT molecular complexity index is 1450. The molecule has 0 spiro atoms. The summed E-state index contributed by atoms with van der Waals surface area (Å²) in [6.07, 6.45) is 1.38. The molecule has 5 rings (SSSR count).